The van der Waals surface area contributed by atoms with Gasteiger partial charge in [0, 0.05) is 0 Å². The second-order valence-corrected chi connectivity index (χ2v) is 6.33. The van der Waals surface area contributed by atoms with Crippen LogP contribution >= 0.6 is 0 Å². The first-order valence-electron chi connectivity index (χ1n) is 7.37. The minimum atomic E-state index is -0.0750. The van der Waals surface area contributed by atoms with Crippen LogP contribution in [0.25, 0.3) is 0 Å². The maximum Gasteiger partial charge on any atom is 0.0573 e. The van der Waals surface area contributed by atoms with Crippen LogP contribution in [0.3, 0.4) is 0 Å². The number of rotatable bonds is 7. The Morgan fingerprint density at radius 3 is 2.71 bits per heavy atom. The lowest BCUT2D eigenvalue weighted by Gasteiger charge is -2.41. The van der Waals surface area contributed by atoms with Crippen molar-refractivity contribution in [2.75, 3.05) is 0 Å². The van der Waals surface area contributed by atoms with Crippen molar-refractivity contribution in [2.24, 2.45) is 11.3 Å². The average molecular weight is 238 g/mol. The minimum Gasteiger partial charge on any atom is -0.393 e. The third-order valence-corrected chi connectivity index (χ3v) is 4.46. The molecule has 0 radical (unpaired) electrons. The van der Waals surface area contributed by atoms with Crippen LogP contribution in [0.5, 0.6) is 0 Å². The van der Waals surface area contributed by atoms with E-state index in [-0.39, 0.29) is 6.10 Å². The van der Waals surface area contributed by atoms with Crippen molar-refractivity contribution in [3.8, 4) is 0 Å². The van der Waals surface area contributed by atoms with Crippen molar-refractivity contribution in [3.63, 3.8) is 0 Å². The molecule has 2 unspecified atom stereocenters. The summed E-state index contributed by atoms with van der Waals surface area (Å²) >= 11 is 0. The van der Waals surface area contributed by atoms with Crippen molar-refractivity contribution in [3.05, 3.63) is 12.7 Å². The number of aliphatic hydroxyl groups is 1. The Morgan fingerprint density at radius 1 is 1.29 bits per heavy atom. The van der Waals surface area contributed by atoms with Crippen LogP contribution in [0, 0.1) is 11.3 Å². The maximum absolute atomic E-state index is 10.3. The first-order chi connectivity index (χ1) is 8.08. The summed E-state index contributed by atoms with van der Waals surface area (Å²) in [5.41, 5.74) is 0.346. The summed E-state index contributed by atoms with van der Waals surface area (Å²) in [7, 11) is 0. The third-order valence-electron chi connectivity index (χ3n) is 4.46. The van der Waals surface area contributed by atoms with E-state index in [1.54, 1.807) is 0 Å². The van der Waals surface area contributed by atoms with Gasteiger partial charge in [-0.15, -0.1) is 6.58 Å². The molecule has 1 aliphatic carbocycles. The molecule has 1 fully saturated rings. The summed E-state index contributed by atoms with van der Waals surface area (Å²) in [6.07, 6.45) is 12.8. The molecule has 1 rings (SSSR count). The molecule has 0 amide bonds. The van der Waals surface area contributed by atoms with E-state index < -0.39 is 0 Å². The molecule has 0 saturated heterocycles. The normalized spacial score (nSPS) is 25.5. The monoisotopic (exact) mass is 238 g/mol. The molecule has 0 aliphatic heterocycles. The molecular weight excluding hydrogens is 208 g/mol. The van der Waals surface area contributed by atoms with Crippen LogP contribution in [0.1, 0.15) is 71.6 Å². The largest absolute Gasteiger partial charge is 0.393 e. The Morgan fingerprint density at radius 2 is 2.06 bits per heavy atom. The predicted molar refractivity (Wildman–Crippen MR) is 75.0 cm³/mol. The fourth-order valence-corrected chi connectivity index (χ4v) is 3.25. The van der Waals surface area contributed by atoms with Gasteiger partial charge >= 0.3 is 0 Å². The highest BCUT2D eigenvalue weighted by Gasteiger charge is 2.36. The summed E-state index contributed by atoms with van der Waals surface area (Å²) in [5.74, 6) is 0.524. The first-order valence-corrected chi connectivity index (χ1v) is 7.37. The highest BCUT2D eigenvalue weighted by atomic mass is 16.3. The van der Waals surface area contributed by atoms with Crippen molar-refractivity contribution in [1.29, 1.82) is 0 Å². The third kappa shape index (κ3) is 4.83. The Hall–Kier alpha value is -0.300. The second-order valence-electron chi connectivity index (χ2n) is 6.33. The Labute approximate surface area is 107 Å². The van der Waals surface area contributed by atoms with Crippen molar-refractivity contribution >= 4 is 0 Å². The number of allylic oxidation sites excluding steroid dienone is 1. The first kappa shape index (κ1) is 14.8. The molecule has 1 saturated carbocycles. The molecule has 0 bridgehead atoms. The van der Waals surface area contributed by atoms with Gasteiger partial charge in [-0.25, -0.2) is 0 Å². The van der Waals surface area contributed by atoms with Gasteiger partial charge in [-0.2, -0.15) is 0 Å². The zero-order valence-electron chi connectivity index (χ0n) is 11.8. The molecule has 2 atom stereocenters. The fourth-order valence-electron chi connectivity index (χ4n) is 3.25. The average Bonchev–Trinajstić information content (AvgIpc) is 2.28. The summed E-state index contributed by atoms with van der Waals surface area (Å²) in [6.45, 7) is 8.40. The van der Waals surface area contributed by atoms with Crippen LogP contribution in [-0.4, -0.2) is 11.2 Å². The molecule has 100 valence electrons. The van der Waals surface area contributed by atoms with E-state index in [2.05, 4.69) is 20.4 Å². The van der Waals surface area contributed by atoms with E-state index in [0.717, 1.165) is 12.8 Å². The van der Waals surface area contributed by atoms with Gasteiger partial charge in [0.05, 0.1) is 6.10 Å². The van der Waals surface area contributed by atoms with E-state index >= 15 is 0 Å². The lowest BCUT2D eigenvalue weighted by molar-refractivity contribution is -0.000472. The van der Waals surface area contributed by atoms with Crippen molar-refractivity contribution in [1.82, 2.24) is 0 Å². The summed E-state index contributed by atoms with van der Waals surface area (Å²) < 4.78 is 0. The lowest BCUT2D eigenvalue weighted by Crippen LogP contribution is -2.36. The van der Waals surface area contributed by atoms with Crippen LogP contribution in [0.4, 0.5) is 0 Å². The zero-order chi connectivity index (χ0) is 12.7. The standard InChI is InChI=1S/C16H30O/c1-4-5-6-7-8-12-15(17)14-11-9-10-13-16(14,2)3/h4,14-15,17H,1,5-13H2,2-3H3. The summed E-state index contributed by atoms with van der Waals surface area (Å²) in [4.78, 5) is 0. The summed E-state index contributed by atoms with van der Waals surface area (Å²) in [6, 6.07) is 0. The molecule has 1 N–H and O–H groups in total. The van der Waals surface area contributed by atoms with E-state index in [1.807, 2.05) is 6.08 Å². The topological polar surface area (TPSA) is 20.2 Å². The second kappa shape index (κ2) is 7.20. The van der Waals surface area contributed by atoms with Crippen molar-refractivity contribution < 1.29 is 5.11 Å². The minimum absolute atomic E-state index is 0.0750. The molecule has 1 nitrogen and oxygen atoms in total. The molecule has 1 heteroatoms. The summed E-state index contributed by atoms with van der Waals surface area (Å²) in [5, 5.41) is 10.3. The highest BCUT2D eigenvalue weighted by Crippen LogP contribution is 2.43. The van der Waals surface area contributed by atoms with Crippen LogP contribution in [-0.2, 0) is 0 Å². The van der Waals surface area contributed by atoms with E-state index in [4.69, 9.17) is 0 Å². The number of unbranched alkanes of at least 4 members (excludes halogenated alkanes) is 3. The fraction of sp³-hybridized carbons (Fsp3) is 0.875. The maximum atomic E-state index is 10.3. The van der Waals surface area contributed by atoms with Gasteiger partial charge in [0.15, 0.2) is 0 Å². The smallest absolute Gasteiger partial charge is 0.0573 e. The Kier molecular flexibility index (Phi) is 6.26. The van der Waals surface area contributed by atoms with Crippen LogP contribution in [0.15, 0.2) is 12.7 Å². The Bertz CT molecular complexity index is 220. The van der Waals surface area contributed by atoms with E-state index in [1.165, 1.54) is 44.9 Å². The van der Waals surface area contributed by atoms with Gasteiger partial charge in [0.2, 0.25) is 0 Å². The van der Waals surface area contributed by atoms with E-state index in [9.17, 15) is 5.11 Å². The molecule has 0 heterocycles. The van der Waals surface area contributed by atoms with Crippen LogP contribution < -0.4 is 0 Å². The SMILES string of the molecule is C=CCCCCCC(O)C1CCCCC1(C)C. The molecule has 0 aromatic heterocycles. The van der Waals surface area contributed by atoms with Gasteiger partial charge in [-0.05, 0) is 43.4 Å². The van der Waals surface area contributed by atoms with Gasteiger partial charge in [-0.1, -0.05) is 45.6 Å². The molecule has 1 aliphatic rings. The number of hydrogen-bond donors (Lipinski definition) is 1. The molecular formula is C16H30O. The zero-order valence-corrected chi connectivity index (χ0v) is 11.8. The van der Waals surface area contributed by atoms with Gasteiger partial charge < -0.3 is 5.11 Å². The molecule has 0 aromatic carbocycles. The number of aliphatic hydroxyl groups excluding tert-OH is 1. The van der Waals surface area contributed by atoms with Crippen LogP contribution in [0.2, 0.25) is 0 Å². The van der Waals surface area contributed by atoms with Gasteiger partial charge in [0.1, 0.15) is 0 Å². The molecule has 0 spiro atoms. The Balaban J connectivity index is 2.25. The van der Waals surface area contributed by atoms with Gasteiger partial charge in [-0.3, -0.25) is 0 Å². The molecule has 17 heavy (non-hydrogen) atoms. The van der Waals surface area contributed by atoms with Gasteiger partial charge in [0.25, 0.3) is 0 Å². The molecule has 0 aromatic rings. The quantitative estimate of drug-likeness (QED) is 0.503. The van der Waals surface area contributed by atoms with Crippen molar-refractivity contribution in [2.45, 2.75) is 77.7 Å². The predicted octanol–water partition coefficient (Wildman–Crippen LogP) is 4.70. The number of hydrogen-bond acceptors (Lipinski definition) is 1. The highest BCUT2D eigenvalue weighted by molar-refractivity contribution is 4.86. The van der Waals surface area contributed by atoms with E-state index in [0.29, 0.717) is 11.3 Å². The lowest BCUT2D eigenvalue weighted by atomic mass is 9.66.